The molecule has 174 valence electrons. The lowest BCUT2D eigenvalue weighted by molar-refractivity contribution is -0.115. The van der Waals surface area contributed by atoms with E-state index in [9.17, 15) is 4.79 Å². The third kappa shape index (κ3) is 5.12. The van der Waals surface area contributed by atoms with E-state index in [0.29, 0.717) is 17.6 Å². The maximum Gasteiger partial charge on any atom is 0.237 e. The van der Waals surface area contributed by atoms with Crippen molar-refractivity contribution in [3.8, 4) is 22.8 Å². The molecule has 2 aromatic heterocycles. The first-order valence-electron chi connectivity index (χ1n) is 11.1. The van der Waals surface area contributed by atoms with Crippen molar-refractivity contribution in [3.63, 3.8) is 0 Å². The highest BCUT2D eigenvalue weighted by Crippen LogP contribution is 2.31. The summed E-state index contributed by atoms with van der Waals surface area (Å²) in [7, 11) is 0. The zero-order chi connectivity index (χ0) is 24.1. The molecule has 34 heavy (non-hydrogen) atoms. The number of hydrogen-bond acceptors (Lipinski definition) is 6. The molecule has 1 N–H and O–H groups in total. The molecule has 0 aliphatic carbocycles. The van der Waals surface area contributed by atoms with Gasteiger partial charge in [0.2, 0.25) is 5.91 Å². The van der Waals surface area contributed by atoms with E-state index < -0.39 is 5.25 Å². The second-order valence-electron chi connectivity index (χ2n) is 7.83. The fourth-order valence-corrected chi connectivity index (χ4v) is 4.43. The fourth-order valence-electron chi connectivity index (χ4n) is 3.57. The molecule has 0 bridgehead atoms. The Balaban J connectivity index is 1.65. The zero-order valence-corrected chi connectivity index (χ0v) is 20.5. The number of hydrogen-bond donors (Lipinski definition) is 1. The van der Waals surface area contributed by atoms with Crippen molar-refractivity contribution in [1.29, 1.82) is 0 Å². The number of amides is 1. The van der Waals surface area contributed by atoms with Gasteiger partial charge in [0.1, 0.15) is 5.75 Å². The summed E-state index contributed by atoms with van der Waals surface area (Å²) in [5.41, 5.74) is 4.62. The molecule has 1 atom stereocenters. The van der Waals surface area contributed by atoms with Crippen molar-refractivity contribution in [1.82, 2.24) is 19.7 Å². The first-order chi connectivity index (χ1) is 16.5. The lowest BCUT2D eigenvalue weighted by Crippen LogP contribution is -2.23. The van der Waals surface area contributed by atoms with Gasteiger partial charge in [0, 0.05) is 29.3 Å². The first-order valence-corrected chi connectivity index (χ1v) is 12.0. The van der Waals surface area contributed by atoms with Crippen LogP contribution in [0.25, 0.3) is 17.1 Å². The molecule has 0 aliphatic rings. The molecule has 0 saturated carbocycles. The van der Waals surface area contributed by atoms with E-state index in [2.05, 4.69) is 20.5 Å². The number of anilines is 1. The Morgan fingerprint density at radius 3 is 2.44 bits per heavy atom. The Kier molecular flexibility index (Phi) is 7.27. The van der Waals surface area contributed by atoms with Crippen LogP contribution in [-0.4, -0.2) is 37.5 Å². The van der Waals surface area contributed by atoms with E-state index >= 15 is 0 Å². The molecule has 0 fully saturated rings. The lowest BCUT2D eigenvalue weighted by Gasteiger charge is -2.16. The summed E-state index contributed by atoms with van der Waals surface area (Å²) in [4.78, 5) is 17.3. The molecule has 2 aromatic carbocycles. The summed E-state index contributed by atoms with van der Waals surface area (Å²) in [6, 6.07) is 17.5. The van der Waals surface area contributed by atoms with E-state index in [4.69, 9.17) is 4.74 Å². The van der Waals surface area contributed by atoms with Crippen LogP contribution < -0.4 is 10.1 Å². The van der Waals surface area contributed by atoms with E-state index in [1.807, 2.05) is 86.9 Å². The second kappa shape index (κ2) is 10.5. The van der Waals surface area contributed by atoms with Crippen LogP contribution in [-0.2, 0) is 4.79 Å². The largest absolute Gasteiger partial charge is 0.494 e. The Labute approximate surface area is 203 Å². The summed E-state index contributed by atoms with van der Waals surface area (Å²) in [5, 5.41) is 12.2. The number of carbonyl (C=O) groups is 1. The predicted molar refractivity (Wildman–Crippen MR) is 136 cm³/mol. The minimum Gasteiger partial charge on any atom is -0.494 e. The van der Waals surface area contributed by atoms with Crippen molar-refractivity contribution in [2.75, 3.05) is 11.9 Å². The number of thioether (sulfide) groups is 1. The fraction of sp³-hybridized carbons (Fsp3) is 0.231. The molecule has 0 aliphatic heterocycles. The van der Waals surface area contributed by atoms with Crippen LogP contribution in [0.3, 0.4) is 0 Å². The number of para-hydroxylation sites is 1. The maximum atomic E-state index is 13.0. The highest BCUT2D eigenvalue weighted by Gasteiger charge is 2.23. The van der Waals surface area contributed by atoms with Crippen molar-refractivity contribution >= 4 is 23.4 Å². The van der Waals surface area contributed by atoms with E-state index in [1.54, 1.807) is 12.4 Å². The Morgan fingerprint density at radius 2 is 1.79 bits per heavy atom. The van der Waals surface area contributed by atoms with Crippen LogP contribution in [0.15, 0.2) is 72.1 Å². The standard InChI is InChI=1S/C26H27N5O2S/c1-5-33-22-13-11-21(12-14-22)31-24(20-10-7-15-27-16-20)29-30-26(31)34-19(4)25(32)28-23-17(2)8-6-9-18(23)3/h6-16,19H,5H2,1-4H3,(H,28,32). The average molecular weight is 474 g/mol. The molecule has 4 rings (SSSR count). The number of benzene rings is 2. The van der Waals surface area contributed by atoms with Crippen LogP contribution in [0.2, 0.25) is 0 Å². The summed E-state index contributed by atoms with van der Waals surface area (Å²) >= 11 is 1.36. The molecule has 7 nitrogen and oxygen atoms in total. The topological polar surface area (TPSA) is 81.9 Å². The number of carbonyl (C=O) groups excluding carboxylic acids is 1. The number of aryl methyl sites for hydroxylation is 2. The summed E-state index contributed by atoms with van der Waals surface area (Å²) in [6.45, 7) is 8.40. The normalized spacial score (nSPS) is 11.8. The van der Waals surface area contributed by atoms with Gasteiger partial charge >= 0.3 is 0 Å². The van der Waals surface area contributed by atoms with Crippen LogP contribution in [0.5, 0.6) is 5.75 Å². The zero-order valence-electron chi connectivity index (χ0n) is 19.6. The molecular formula is C26H27N5O2S. The van der Waals surface area contributed by atoms with Crippen LogP contribution in [0.4, 0.5) is 5.69 Å². The van der Waals surface area contributed by atoms with Gasteiger partial charge in [0.25, 0.3) is 0 Å². The number of pyridine rings is 1. The third-order valence-electron chi connectivity index (χ3n) is 5.34. The lowest BCUT2D eigenvalue weighted by atomic mass is 10.1. The molecule has 1 unspecified atom stereocenters. The van der Waals surface area contributed by atoms with Gasteiger partial charge < -0.3 is 10.1 Å². The number of rotatable bonds is 8. The van der Waals surface area contributed by atoms with Crippen LogP contribution in [0, 0.1) is 13.8 Å². The Hall–Kier alpha value is -3.65. The predicted octanol–water partition coefficient (Wildman–Crippen LogP) is 5.46. The first kappa shape index (κ1) is 23.5. The van der Waals surface area contributed by atoms with Crippen molar-refractivity contribution < 1.29 is 9.53 Å². The van der Waals surface area contributed by atoms with Crippen LogP contribution in [0.1, 0.15) is 25.0 Å². The average Bonchev–Trinajstić information content (AvgIpc) is 3.26. The Bertz CT molecular complexity index is 1250. The number of nitrogens with zero attached hydrogens (tertiary/aromatic N) is 4. The van der Waals surface area contributed by atoms with Gasteiger partial charge in [-0.3, -0.25) is 14.3 Å². The molecule has 2 heterocycles. The molecule has 1 amide bonds. The molecule has 8 heteroatoms. The third-order valence-corrected chi connectivity index (χ3v) is 6.38. The van der Waals surface area contributed by atoms with Gasteiger partial charge in [-0.1, -0.05) is 30.0 Å². The van der Waals surface area contributed by atoms with Gasteiger partial charge in [-0.15, -0.1) is 10.2 Å². The summed E-state index contributed by atoms with van der Waals surface area (Å²) in [5.74, 6) is 1.35. The van der Waals surface area contributed by atoms with E-state index in [1.165, 1.54) is 11.8 Å². The Morgan fingerprint density at radius 1 is 1.06 bits per heavy atom. The minimum atomic E-state index is -0.397. The molecule has 0 spiro atoms. The molecule has 4 aromatic rings. The highest BCUT2D eigenvalue weighted by molar-refractivity contribution is 8.00. The number of nitrogens with one attached hydrogen (secondary N) is 1. The van der Waals surface area contributed by atoms with E-state index in [-0.39, 0.29) is 5.91 Å². The highest BCUT2D eigenvalue weighted by atomic mass is 32.2. The monoisotopic (exact) mass is 473 g/mol. The number of ether oxygens (including phenoxy) is 1. The van der Waals surface area contributed by atoms with Gasteiger partial charge in [-0.05, 0) is 75.2 Å². The molecule has 0 radical (unpaired) electrons. The SMILES string of the molecule is CCOc1ccc(-n2c(SC(C)C(=O)Nc3c(C)cccc3C)nnc2-c2cccnc2)cc1. The molecular weight excluding hydrogens is 446 g/mol. The smallest absolute Gasteiger partial charge is 0.237 e. The summed E-state index contributed by atoms with van der Waals surface area (Å²) in [6.07, 6.45) is 3.47. The van der Waals surface area contributed by atoms with Gasteiger partial charge in [-0.25, -0.2) is 0 Å². The quantitative estimate of drug-likeness (QED) is 0.342. The van der Waals surface area contributed by atoms with Crippen LogP contribution >= 0.6 is 11.8 Å². The summed E-state index contributed by atoms with van der Waals surface area (Å²) < 4.78 is 7.53. The van der Waals surface area contributed by atoms with Gasteiger partial charge in [0.15, 0.2) is 11.0 Å². The number of aromatic nitrogens is 4. The molecule has 0 saturated heterocycles. The second-order valence-corrected chi connectivity index (χ2v) is 9.13. The maximum absolute atomic E-state index is 13.0. The van der Waals surface area contributed by atoms with Crippen molar-refractivity contribution in [3.05, 3.63) is 78.1 Å². The minimum absolute atomic E-state index is 0.0911. The van der Waals surface area contributed by atoms with E-state index in [0.717, 1.165) is 33.8 Å². The van der Waals surface area contributed by atoms with Crippen molar-refractivity contribution in [2.24, 2.45) is 0 Å². The van der Waals surface area contributed by atoms with Gasteiger partial charge in [0.05, 0.1) is 11.9 Å². The van der Waals surface area contributed by atoms with Gasteiger partial charge in [-0.2, -0.15) is 0 Å². The van der Waals surface area contributed by atoms with Crippen molar-refractivity contribution in [2.45, 2.75) is 38.1 Å².